The van der Waals surface area contributed by atoms with E-state index in [4.69, 9.17) is 0 Å². The van der Waals surface area contributed by atoms with Crippen LogP contribution in [-0.4, -0.2) is 40.9 Å². The first kappa shape index (κ1) is 16.8. The van der Waals surface area contributed by atoms with Gasteiger partial charge in [-0.1, -0.05) is 24.3 Å². The molecule has 4 nitrogen and oxygen atoms in total. The van der Waals surface area contributed by atoms with Crippen molar-refractivity contribution in [2.75, 3.05) is 19.6 Å². The molecule has 3 aliphatic heterocycles. The van der Waals surface area contributed by atoms with Crippen LogP contribution < -0.4 is 5.32 Å². The Morgan fingerprint density at radius 2 is 1.85 bits per heavy atom. The fourth-order valence-corrected chi connectivity index (χ4v) is 5.10. The molecular formula is C21H20FN3OS. The lowest BCUT2D eigenvalue weighted by molar-refractivity contribution is 0.0619. The van der Waals surface area contributed by atoms with E-state index in [0.29, 0.717) is 11.6 Å². The second-order valence-corrected chi connectivity index (χ2v) is 8.27. The summed E-state index contributed by atoms with van der Waals surface area (Å²) in [5, 5.41) is 4.10. The van der Waals surface area contributed by atoms with Crippen molar-refractivity contribution in [1.82, 2.24) is 14.6 Å². The van der Waals surface area contributed by atoms with Crippen LogP contribution in [0, 0.1) is 11.7 Å². The molecule has 1 aromatic heterocycles. The van der Waals surface area contributed by atoms with Gasteiger partial charge >= 0.3 is 0 Å². The molecule has 3 aromatic rings. The highest BCUT2D eigenvalue weighted by molar-refractivity contribution is 7.13. The van der Waals surface area contributed by atoms with E-state index in [1.54, 1.807) is 12.1 Å². The molecule has 1 amide bonds. The summed E-state index contributed by atoms with van der Waals surface area (Å²) in [4.78, 5) is 15.3. The summed E-state index contributed by atoms with van der Waals surface area (Å²) in [5.74, 6) is 0.271. The van der Waals surface area contributed by atoms with Gasteiger partial charge in [-0.05, 0) is 72.7 Å². The highest BCUT2D eigenvalue weighted by Crippen LogP contribution is 2.31. The Morgan fingerprint density at radius 1 is 1.11 bits per heavy atom. The number of carbonyl (C=O) groups is 1. The van der Waals surface area contributed by atoms with E-state index in [-0.39, 0.29) is 17.8 Å². The number of amides is 1. The van der Waals surface area contributed by atoms with Crippen molar-refractivity contribution in [3.8, 4) is 11.1 Å². The van der Waals surface area contributed by atoms with Crippen LogP contribution in [0.25, 0.3) is 21.2 Å². The number of nitrogens with one attached hydrogen (secondary N) is 1. The molecule has 6 heteroatoms. The lowest BCUT2D eigenvalue weighted by Crippen LogP contribution is -2.57. The number of piperidine rings is 3. The molecule has 3 aliphatic rings. The Bertz CT molecular complexity index is 992. The molecule has 0 unspecified atom stereocenters. The van der Waals surface area contributed by atoms with Crippen LogP contribution in [0.15, 0.2) is 42.5 Å². The van der Waals surface area contributed by atoms with E-state index >= 15 is 0 Å². The molecule has 27 heavy (non-hydrogen) atoms. The standard InChI is InChI=1S/C21H20FN3OS/c22-16-4-1-13(2-5-16)15-3-6-17-19(11-15)27-24-20(17)21(26)23-18-12-25-9-7-14(18)8-10-25/h1-6,11,14,18H,7-10,12H2,(H,23,26)/t18-/m0/s1. The quantitative estimate of drug-likeness (QED) is 0.748. The fraction of sp³-hybridized carbons (Fsp3) is 0.333. The van der Waals surface area contributed by atoms with Crippen LogP contribution >= 0.6 is 11.5 Å². The monoisotopic (exact) mass is 381 g/mol. The highest BCUT2D eigenvalue weighted by Gasteiger charge is 2.35. The van der Waals surface area contributed by atoms with Crippen LogP contribution in [0.1, 0.15) is 23.3 Å². The molecule has 0 saturated carbocycles. The summed E-state index contributed by atoms with van der Waals surface area (Å²) in [6.07, 6.45) is 2.34. The van der Waals surface area contributed by atoms with E-state index in [2.05, 4.69) is 14.6 Å². The molecule has 1 atom stereocenters. The number of nitrogens with zero attached hydrogens (tertiary/aromatic N) is 2. The van der Waals surface area contributed by atoms with Crippen LogP contribution in [0.4, 0.5) is 4.39 Å². The van der Waals surface area contributed by atoms with Crippen molar-refractivity contribution >= 4 is 27.5 Å². The number of rotatable bonds is 3. The Hall–Kier alpha value is -2.31. The van der Waals surface area contributed by atoms with Gasteiger partial charge in [0.25, 0.3) is 5.91 Å². The molecule has 0 spiro atoms. The first-order chi connectivity index (χ1) is 13.2. The summed E-state index contributed by atoms with van der Waals surface area (Å²) in [5.41, 5.74) is 2.46. The van der Waals surface area contributed by atoms with Crippen LogP contribution in [0.2, 0.25) is 0 Å². The second kappa shape index (κ2) is 6.69. The number of hydrogen-bond donors (Lipinski definition) is 1. The van der Waals surface area contributed by atoms with Crippen molar-refractivity contribution in [1.29, 1.82) is 0 Å². The SMILES string of the molecule is O=C(N[C@H]1CN2CCC1CC2)c1nsc2cc(-c3ccc(F)cc3)ccc12. The van der Waals surface area contributed by atoms with Crippen LogP contribution in [0.5, 0.6) is 0 Å². The molecule has 2 bridgehead atoms. The second-order valence-electron chi connectivity index (χ2n) is 7.47. The smallest absolute Gasteiger partial charge is 0.271 e. The number of halogens is 1. The number of carbonyl (C=O) groups excluding carboxylic acids is 1. The molecule has 1 N–H and O–H groups in total. The molecule has 3 fully saturated rings. The van der Waals surface area contributed by atoms with Crippen molar-refractivity contribution in [3.05, 3.63) is 54.0 Å². The fourth-order valence-electron chi connectivity index (χ4n) is 4.29. The largest absolute Gasteiger partial charge is 0.346 e. The van der Waals surface area contributed by atoms with Crippen molar-refractivity contribution < 1.29 is 9.18 Å². The summed E-state index contributed by atoms with van der Waals surface area (Å²) in [6, 6.07) is 12.6. The van der Waals surface area contributed by atoms with Gasteiger partial charge in [-0.3, -0.25) is 4.79 Å². The van der Waals surface area contributed by atoms with Gasteiger partial charge in [-0.15, -0.1) is 0 Å². The lowest BCUT2D eigenvalue weighted by atomic mass is 9.84. The third-order valence-electron chi connectivity index (χ3n) is 5.84. The Balaban J connectivity index is 1.39. The zero-order valence-electron chi connectivity index (χ0n) is 14.8. The number of benzene rings is 2. The van der Waals surface area contributed by atoms with Crippen molar-refractivity contribution in [3.63, 3.8) is 0 Å². The van der Waals surface area contributed by atoms with E-state index in [0.717, 1.165) is 40.8 Å². The molecular weight excluding hydrogens is 361 g/mol. The normalized spacial score (nSPS) is 24.3. The summed E-state index contributed by atoms with van der Waals surface area (Å²) in [7, 11) is 0. The molecule has 0 aliphatic carbocycles. The van der Waals surface area contributed by atoms with E-state index < -0.39 is 0 Å². The van der Waals surface area contributed by atoms with E-state index in [1.807, 2.05) is 18.2 Å². The third-order valence-corrected chi connectivity index (χ3v) is 6.65. The molecule has 4 heterocycles. The summed E-state index contributed by atoms with van der Waals surface area (Å²) < 4.78 is 18.5. The molecule has 3 saturated heterocycles. The van der Waals surface area contributed by atoms with Crippen molar-refractivity contribution in [2.45, 2.75) is 18.9 Å². The van der Waals surface area contributed by atoms with Crippen LogP contribution in [-0.2, 0) is 0 Å². The minimum absolute atomic E-state index is 0.0745. The number of fused-ring (bicyclic) bond motifs is 4. The minimum Gasteiger partial charge on any atom is -0.346 e. The Morgan fingerprint density at radius 3 is 2.56 bits per heavy atom. The maximum Gasteiger partial charge on any atom is 0.271 e. The maximum absolute atomic E-state index is 13.1. The lowest BCUT2D eigenvalue weighted by Gasteiger charge is -2.44. The van der Waals surface area contributed by atoms with Crippen molar-refractivity contribution in [2.24, 2.45) is 5.92 Å². The molecule has 6 rings (SSSR count). The highest BCUT2D eigenvalue weighted by atomic mass is 32.1. The van der Waals surface area contributed by atoms with Gasteiger partial charge in [0, 0.05) is 18.0 Å². The predicted molar refractivity (Wildman–Crippen MR) is 105 cm³/mol. The Kier molecular flexibility index (Phi) is 4.17. The van der Waals surface area contributed by atoms with Gasteiger partial charge in [0.1, 0.15) is 11.5 Å². The van der Waals surface area contributed by atoms with Crippen LogP contribution in [0.3, 0.4) is 0 Å². The maximum atomic E-state index is 13.1. The average Bonchev–Trinajstić information content (AvgIpc) is 3.13. The van der Waals surface area contributed by atoms with E-state index in [1.165, 1.54) is 36.5 Å². The topological polar surface area (TPSA) is 45.2 Å². The van der Waals surface area contributed by atoms with Gasteiger partial charge < -0.3 is 10.2 Å². The van der Waals surface area contributed by atoms with Gasteiger partial charge in [0.15, 0.2) is 0 Å². The van der Waals surface area contributed by atoms with Gasteiger partial charge in [0.2, 0.25) is 0 Å². The molecule has 2 aromatic carbocycles. The van der Waals surface area contributed by atoms with Gasteiger partial charge in [-0.2, -0.15) is 4.37 Å². The predicted octanol–water partition coefficient (Wildman–Crippen LogP) is 3.93. The molecule has 138 valence electrons. The zero-order chi connectivity index (χ0) is 18.4. The minimum atomic E-state index is -0.246. The zero-order valence-corrected chi connectivity index (χ0v) is 15.6. The summed E-state index contributed by atoms with van der Waals surface area (Å²) >= 11 is 1.34. The van der Waals surface area contributed by atoms with Gasteiger partial charge in [0.05, 0.1) is 4.70 Å². The number of aromatic nitrogens is 1. The van der Waals surface area contributed by atoms with E-state index in [9.17, 15) is 9.18 Å². The Labute approximate surface area is 161 Å². The first-order valence-electron chi connectivity index (χ1n) is 9.36. The average molecular weight is 381 g/mol. The van der Waals surface area contributed by atoms with Gasteiger partial charge in [-0.25, -0.2) is 4.39 Å². The number of hydrogen-bond acceptors (Lipinski definition) is 4. The summed E-state index contributed by atoms with van der Waals surface area (Å²) in [6.45, 7) is 3.26. The third kappa shape index (κ3) is 3.13. The first-order valence-corrected chi connectivity index (χ1v) is 10.1. The molecule has 0 radical (unpaired) electrons.